The van der Waals surface area contributed by atoms with E-state index >= 15 is 0 Å². The molecule has 0 spiro atoms. The number of amidine groups is 1. The predicted octanol–water partition coefficient (Wildman–Crippen LogP) is 0.136. The average molecular weight is 183 g/mol. The molecule has 1 heterocycles. The molecule has 74 valence electrons. The van der Waals surface area contributed by atoms with Crippen molar-refractivity contribution in [3.63, 3.8) is 0 Å². The predicted molar refractivity (Wildman–Crippen MR) is 52.4 cm³/mol. The van der Waals surface area contributed by atoms with Crippen LogP contribution in [0.25, 0.3) is 0 Å². The first kappa shape index (κ1) is 10.0. The summed E-state index contributed by atoms with van der Waals surface area (Å²) >= 11 is 0. The Hall–Kier alpha value is -1.06. The first-order valence-electron chi connectivity index (χ1n) is 4.63. The van der Waals surface area contributed by atoms with E-state index in [1.54, 1.807) is 0 Å². The molecule has 0 unspecified atom stereocenters. The minimum atomic E-state index is 0.0229. The van der Waals surface area contributed by atoms with Gasteiger partial charge in [0.25, 0.3) is 0 Å². The molecule has 1 rings (SSSR count). The molecule has 0 radical (unpaired) electrons. The summed E-state index contributed by atoms with van der Waals surface area (Å²) in [6, 6.07) is 0. The van der Waals surface area contributed by atoms with Gasteiger partial charge in [0, 0.05) is 26.4 Å². The van der Waals surface area contributed by atoms with E-state index in [0.29, 0.717) is 18.4 Å². The molecule has 4 heteroatoms. The van der Waals surface area contributed by atoms with Gasteiger partial charge in [-0.25, -0.2) is 0 Å². The maximum Gasteiger partial charge on any atom is 0.216 e. The Labute approximate surface area is 78.6 Å². The molecule has 13 heavy (non-hydrogen) atoms. The van der Waals surface area contributed by atoms with Gasteiger partial charge in [-0.1, -0.05) is 6.92 Å². The highest BCUT2D eigenvalue weighted by molar-refractivity contribution is 5.81. The molecular weight excluding hydrogens is 166 g/mol. The monoisotopic (exact) mass is 183 g/mol. The lowest BCUT2D eigenvalue weighted by Gasteiger charge is -2.26. The summed E-state index contributed by atoms with van der Waals surface area (Å²) < 4.78 is 0. The van der Waals surface area contributed by atoms with Crippen LogP contribution >= 0.6 is 0 Å². The number of carbonyl (C=O) groups is 1. The van der Waals surface area contributed by atoms with Crippen LogP contribution in [0.15, 0.2) is 4.99 Å². The number of hydrogen-bond acceptors (Lipinski definition) is 3. The number of carbonyl (C=O) groups excluding carboxylic acids is 1. The highest BCUT2D eigenvalue weighted by Gasteiger charge is 2.21. The maximum atomic E-state index is 10.7. The first-order valence-corrected chi connectivity index (χ1v) is 4.63. The van der Waals surface area contributed by atoms with Crippen LogP contribution in [0.2, 0.25) is 0 Å². The van der Waals surface area contributed by atoms with Gasteiger partial charge in [-0.2, -0.15) is 0 Å². The van der Waals surface area contributed by atoms with Crippen molar-refractivity contribution in [3.05, 3.63) is 0 Å². The number of nitrogens with one attached hydrogen (secondary N) is 1. The molecule has 0 fully saturated rings. The van der Waals surface area contributed by atoms with E-state index in [0.717, 1.165) is 18.8 Å². The fourth-order valence-corrected chi connectivity index (χ4v) is 1.52. The van der Waals surface area contributed by atoms with Crippen molar-refractivity contribution < 1.29 is 4.79 Å². The number of nitrogens with two attached hydrogens (primary N) is 1. The molecule has 0 saturated carbocycles. The molecule has 0 aromatic carbocycles. The standard InChI is InChI=1S/C9H17N3O/c1-6-3-9(10)12-5-8(6)4-11-7(2)13/h6,8H,3-5H2,1-2H3,(H2,10,12)(H,11,13)/t6-,8+/m0/s1. The molecule has 1 aliphatic heterocycles. The number of aliphatic imine (C=N–C) groups is 1. The van der Waals surface area contributed by atoms with E-state index in [4.69, 9.17) is 5.73 Å². The van der Waals surface area contributed by atoms with Crippen LogP contribution in [-0.4, -0.2) is 24.8 Å². The van der Waals surface area contributed by atoms with E-state index in [1.165, 1.54) is 6.92 Å². The van der Waals surface area contributed by atoms with Gasteiger partial charge in [0.1, 0.15) is 0 Å². The van der Waals surface area contributed by atoms with Crippen molar-refractivity contribution in [1.29, 1.82) is 0 Å². The van der Waals surface area contributed by atoms with E-state index in [-0.39, 0.29) is 5.91 Å². The summed E-state index contributed by atoms with van der Waals surface area (Å²) in [6.45, 7) is 5.14. The molecule has 1 aliphatic rings. The van der Waals surface area contributed by atoms with Crippen LogP contribution in [0.4, 0.5) is 0 Å². The van der Waals surface area contributed by atoms with Crippen LogP contribution in [0.5, 0.6) is 0 Å². The van der Waals surface area contributed by atoms with E-state index in [9.17, 15) is 4.79 Å². The smallest absolute Gasteiger partial charge is 0.216 e. The summed E-state index contributed by atoms with van der Waals surface area (Å²) in [5, 5.41) is 2.81. The molecular formula is C9H17N3O. The lowest BCUT2D eigenvalue weighted by atomic mass is 9.88. The molecule has 1 amide bonds. The van der Waals surface area contributed by atoms with Crippen molar-refractivity contribution >= 4 is 11.7 Å². The molecule has 0 aromatic rings. The van der Waals surface area contributed by atoms with Gasteiger partial charge in [0.2, 0.25) is 5.91 Å². The molecule has 0 aromatic heterocycles. The van der Waals surface area contributed by atoms with Gasteiger partial charge >= 0.3 is 0 Å². The van der Waals surface area contributed by atoms with Gasteiger partial charge in [-0.3, -0.25) is 9.79 Å². The summed E-state index contributed by atoms with van der Waals surface area (Å²) in [4.78, 5) is 14.9. The topological polar surface area (TPSA) is 67.5 Å². The zero-order valence-corrected chi connectivity index (χ0v) is 8.21. The fourth-order valence-electron chi connectivity index (χ4n) is 1.52. The van der Waals surface area contributed by atoms with E-state index < -0.39 is 0 Å². The summed E-state index contributed by atoms with van der Waals surface area (Å²) in [6.07, 6.45) is 0.851. The fraction of sp³-hybridized carbons (Fsp3) is 0.778. The lowest BCUT2D eigenvalue weighted by Crippen LogP contribution is -2.36. The van der Waals surface area contributed by atoms with Crippen molar-refractivity contribution in [2.75, 3.05) is 13.1 Å². The highest BCUT2D eigenvalue weighted by atomic mass is 16.1. The SMILES string of the molecule is CC(=O)NC[C@@H]1CN=C(N)C[C@@H]1C. The molecule has 4 nitrogen and oxygen atoms in total. The zero-order chi connectivity index (χ0) is 9.84. The Bertz CT molecular complexity index is 225. The van der Waals surface area contributed by atoms with Gasteiger partial charge in [-0.15, -0.1) is 0 Å². The molecule has 0 bridgehead atoms. The quantitative estimate of drug-likeness (QED) is 0.639. The normalized spacial score (nSPS) is 28.0. The number of rotatable bonds is 2. The van der Waals surface area contributed by atoms with Crippen LogP contribution in [0.3, 0.4) is 0 Å². The largest absolute Gasteiger partial charge is 0.387 e. The molecule has 0 saturated heterocycles. The van der Waals surface area contributed by atoms with Crippen molar-refractivity contribution in [1.82, 2.24) is 5.32 Å². The second-order valence-electron chi connectivity index (χ2n) is 3.71. The second-order valence-corrected chi connectivity index (χ2v) is 3.71. The Morgan fingerprint density at radius 1 is 1.77 bits per heavy atom. The molecule has 3 N–H and O–H groups in total. The summed E-state index contributed by atoms with van der Waals surface area (Å²) in [5.74, 6) is 1.72. The lowest BCUT2D eigenvalue weighted by molar-refractivity contribution is -0.119. The van der Waals surface area contributed by atoms with Gasteiger partial charge in [0.05, 0.1) is 5.84 Å². The number of amides is 1. The minimum absolute atomic E-state index is 0.0229. The molecule has 2 atom stereocenters. The van der Waals surface area contributed by atoms with Crippen LogP contribution in [0.1, 0.15) is 20.3 Å². The molecule has 0 aliphatic carbocycles. The van der Waals surface area contributed by atoms with E-state index in [1.807, 2.05) is 0 Å². The van der Waals surface area contributed by atoms with Gasteiger partial charge < -0.3 is 11.1 Å². The summed E-state index contributed by atoms with van der Waals surface area (Å²) in [7, 11) is 0. The Kier molecular flexibility index (Phi) is 3.28. The third-order valence-electron chi connectivity index (χ3n) is 2.48. The van der Waals surface area contributed by atoms with Crippen LogP contribution in [-0.2, 0) is 4.79 Å². The third kappa shape index (κ3) is 3.05. The summed E-state index contributed by atoms with van der Waals surface area (Å²) in [5.41, 5.74) is 5.61. The van der Waals surface area contributed by atoms with E-state index in [2.05, 4.69) is 17.2 Å². The van der Waals surface area contributed by atoms with Crippen molar-refractivity contribution in [2.45, 2.75) is 20.3 Å². The Morgan fingerprint density at radius 3 is 3.00 bits per heavy atom. The third-order valence-corrected chi connectivity index (χ3v) is 2.48. The van der Waals surface area contributed by atoms with Crippen LogP contribution in [0, 0.1) is 11.8 Å². The first-order chi connectivity index (χ1) is 6.09. The average Bonchev–Trinajstić information content (AvgIpc) is 2.02. The van der Waals surface area contributed by atoms with Crippen LogP contribution < -0.4 is 11.1 Å². The minimum Gasteiger partial charge on any atom is -0.387 e. The van der Waals surface area contributed by atoms with Crippen molar-refractivity contribution in [3.8, 4) is 0 Å². The Balaban J connectivity index is 2.39. The van der Waals surface area contributed by atoms with Crippen molar-refractivity contribution in [2.24, 2.45) is 22.6 Å². The maximum absolute atomic E-state index is 10.7. The van der Waals surface area contributed by atoms with Gasteiger partial charge in [0.15, 0.2) is 0 Å². The Morgan fingerprint density at radius 2 is 2.46 bits per heavy atom. The highest BCUT2D eigenvalue weighted by Crippen LogP contribution is 2.19. The van der Waals surface area contributed by atoms with Gasteiger partial charge in [-0.05, 0) is 11.8 Å². The number of nitrogens with zero attached hydrogens (tertiary/aromatic N) is 1. The second kappa shape index (κ2) is 4.25. The zero-order valence-electron chi connectivity index (χ0n) is 8.21. The number of hydrogen-bond donors (Lipinski definition) is 2.